The van der Waals surface area contributed by atoms with Crippen LogP contribution >= 0.6 is 0 Å². The Morgan fingerprint density at radius 3 is 2.79 bits per heavy atom. The summed E-state index contributed by atoms with van der Waals surface area (Å²) in [5.41, 5.74) is 1.70. The number of fused-ring (bicyclic) bond motifs is 2. The van der Waals surface area contributed by atoms with E-state index in [-0.39, 0.29) is 11.6 Å². The van der Waals surface area contributed by atoms with Gasteiger partial charge >= 0.3 is 11.6 Å². The van der Waals surface area contributed by atoms with Crippen LogP contribution in [-0.4, -0.2) is 18.5 Å². The van der Waals surface area contributed by atoms with Gasteiger partial charge in [-0.25, -0.2) is 9.59 Å². The van der Waals surface area contributed by atoms with Crippen molar-refractivity contribution in [1.29, 1.82) is 0 Å². The number of hydrogen-bond donors (Lipinski definition) is 1. The molecule has 1 unspecified atom stereocenters. The van der Waals surface area contributed by atoms with Crippen LogP contribution in [0, 0.1) is 0 Å². The first-order valence-corrected chi connectivity index (χ1v) is 9.19. The highest BCUT2D eigenvalue weighted by molar-refractivity contribution is 5.94. The normalized spacial score (nSPS) is 15.6. The van der Waals surface area contributed by atoms with Crippen molar-refractivity contribution in [3.63, 3.8) is 0 Å². The predicted molar refractivity (Wildman–Crippen MR) is 103 cm³/mol. The third-order valence-corrected chi connectivity index (χ3v) is 4.90. The lowest BCUT2D eigenvalue weighted by Gasteiger charge is -2.26. The largest absolute Gasteiger partial charge is 0.452 e. The summed E-state index contributed by atoms with van der Waals surface area (Å²) < 4.78 is 10.2. The first-order chi connectivity index (χ1) is 13.6. The van der Waals surface area contributed by atoms with Gasteiger partial charge in [0.15, 0.2) is 6.61 Å². The van der Waals surface area contributed by atoms with Gasteiger partial charge in [0.25, 0.3) is 5.91 Å². The SMILES string of the molecule is O=C(COC(=O)c1cc2ccccc2oc1=O)NC1CCCc2ccccc21. The number of benzene rings is 2. The average Bonchev–Trinajstić information content (AvgIpc) is 2.72. The molecule has 0 radical (unpaired) electrons. The summed E-state index contributed by atoms with van der Waals surface area (Å²) in [5.74, 6) is -1.28. The van der Waals surface area contributed by atoms with E-state index in [0.29, 0.717) is 11.0 Å². The number of hydrogen-bond acceptors (Lipinski definition) is 5. The quantitative estimate of drug-likeness (QED) is 0.558. The van der Waals surface area contributed by atoms with Crippen LogP contribution in [0.4, 0.5) is 0 Å². The van der Waals surface area contributed by atoms with E-state index in [2.05, 4.69) is 11.4 Å². The maximum Gasteiger partial charge on any atom is 0.351 e. The molecule has 0 fully saturated rings. The molecule has 1 N–H and O–H groups in total. The van der Waals surface area contributed by atoms with Gasteiger partial charge in [0.05, 0.1) is 6.04 Å². The second-order valence-electron chi connectivity index (χ2n) is 6.77. The van der Waals surface area contributed by atoms with Crippen LogP contribution in [0.3, 0.4) is 0 Å². The van der Waals surface area contributed by atoms with Crippen molar-refractivity contribution < 1.29 is 18.7 Å². The monoisotopic (exact) mass is 377 g/mol. The molecule has 1 aliphatic carbocycles. The number of ether oxygens (including phenoxy) is 1. The molecule has 0 spiro atoms. The van der Waals surface area contributed by atoms with Gasteiger partial charge in [-0.05, 0) is 42.5 Å². The molecule has 0 aliphatic heterocycles. The summed E-state index contributed by atoms with van der Waals surface area (Å²) in [6.07, 6.45) is 2.82. The molecule has 2 aromatic carbocycles. The molecule has 28 heavy (non-hydrogen) atoms. The standard InChI is InChI=1S/C22H19NO5/c24-20(23-18-10-5-8-14-6-1-3-9-16(14)18)13-27-21(25)17-12-15-7-2-4-11-19(15)28-22(17)26/h1-4,6-7,9,11-12,18H,5,8,10,13H2,(H,23,24). The minimum absolute atomic E-state index is 0.0955. The Bertz CT molecular complexity index is 1100. The van der Waals surface area contributed by atoms with Crippen LogP contribution in [0.15, 0.2) is 63.8 Å². The zero-order valence-electron chi connectivity index (χ0n) is 15.1. The second kappa shape index (κ2) is 7.68. The van der Waals surface area contributed by atoms with Crippen molar-refractivity contribution in [1.82, 2.24) is 5.32 Å². The molecule has 0 bridgehead atoms. The lowest BCUT2D eigenvalue weighted by molar-refractivity contribution is -0.125. The molecule has 0 saturated carbocycles. The van der Waals surface area contributed by atoms with Crippen molar-refractivity contribution in [3.8, 4) is 0 Å². The average molecular weight is 377 g/mol. The molecule has 6 heteroatoms. The number of carbonyl (C=O) groups is 2. The zero-order chi connectivity index (χ0) is 19.5. The first kappa shape index (κ1) is 18.0. The molecule has 1 atom stereocenters. The summed E-state index contributed by atoms with van der Waals surface area (Å²) in [6.45, 7) is -0.455. The summed E-state index contributed by atoms with van der Waals surface area (Å²) in [4.78, 5) is 36.5. The van der Waals surface area contributed by atoms with Gasteiger partial charge in [0.2, 0.25) is 0 Å². The number of para-hydroxylation sites is 1. The van der Waals surface area contributed by atoms with E-state index >= 15 is 0 Å². The van der Waals surface area contributed by atoms with E-state index in [1.807, 2.05) is 18.2 Å². The highest BCUT2D eigenvalue weighted by atomic mass is 16.5. The minimum Gasteiger partial charge on any atom is -0.452 e. The Balaban J connectivity index is 1.41. The van der Waals surface area contributed by atoms with E-state index in [9.17, 15) is 14.4 Å². The fourth-order valence-corrected chi connectivity index (χ4v) is 3.55. The summed E-state index contributed by atoms with van der Waals surface area (Å²) in [5, 5.41) is 3.52. The van der Waals surface area contributed by atoms with Gasteiger partial charge in [-0.2, -0.15) is 0 Å². The molecule has 0 saturated heterocycles. The Morgan fingerprint density at radius 1 is 1.11 bits per heavy atom. The Labute approximate surface area is 161 Å². The first-order valence-electron chi connectivity index (χ1n) is 9.19. The van der Waals surface area contributed by atoms with Crippen LogP contribution in [-0.2, 0) is 16.0 Å². The molecular formula is C22H19NO5. The van der Waals surface area contributed by atoms with Crippen LogP contribution in [0.5, 0.6) is 0 Å². The van der Waals surface area contributed by atoms with Gasteiger partial charge in [-0.15, -0.1) is 0 Å². The lowest BCUT2D eigenvalue weighted by Crippen LogP contribution is -2.34. The fraction of sp³-hybridized carbons (Fsp3) is 0.227. The molecule has 4 rings (SSSR count). The van der Waals surface area contributed by atoms with Crippen molar-refractivity contribution >= 4 is 22.8 Å². The van der Waals surface area contributed by atoms with Gasteiger partial charge in [-0.1, -0.05) is 42.5 Å². The van der Waals surface area contributed by atoms with Crippen LogP contribution < -0.4 is 10.9 Å². The number of aryl methyl sites for hydroxylation is 1. The molecule has 142 valence electrons. The maximum absolute atomic E-state index is 12.3. The van der Waals surface area contributed by atoms with Gasteiger partial charge < -0.3 is 14.5 Å². The van der Waals surface area contributed by atoms with E-state index < -0.39 is 24.1 Å². The van der Waals surface area contributed by atoms with Gasteiger partial charge in [0, 0.05) is 5.39 Å². The highest BCUT2D eigenvalue weighted by Crippen LogP contribution is 2.29. The van der Waals surface area contributed by atoms with Gasteiger partial charge in [0.1, 0.15) is 11.1 Å². The summed E-state index contributed by atoms with van der Waals surface area (Å²) >= 11 is 0. The fourth-order valence-electron chi connectivity index (χ4n) is 3.55. The molecule has 3 aromatic rings. The van der Waals surface area contributed by atoms with E-state index in [4.69, 9.17) is 9.15 Å². The van der Waals surface area contributed by atoms with Crippen molar-refractivity contribution in [3.05, 3.63) is 81.7 Å². The number of rotatable bonds is 4. The number of nitrogens with one attached hydrogen (secondary N) is 1. The lowest BCUT2D eigenvalue weighted by atomic mass is 9.88. The van der Waals surface area contributed by atoms with Crippen LogP contribution in [0.25, 0.3) is 11.0 Å². The van der Waals surface area contributed by atoms with Gasteiger partial charge in [-0.3, -0.25) is 4.79 Å². The topological polar surface area (TPSA) is 85.6 Å². The van der Waals surface area contributed by atoms with Crippen LogP contribution in [0.2, 0.25) is 0 Å². The third-order valence-electron chi connectivity index (χ3n) is 4.90. The Hall–Kier alpha value is -3.41. The molecular weight excluding hydrogens is 358 g/mol. The third kappa shape index (κ3) is 3.67. The highest BCUT2D eigenvalue weighted by Gasteiger charge is 2.22. The summed E-state index contributed by atoms with van der Waals surface area (Å²) in [6, 6.07) is 16.2. The number of amides is 1. The molecule has 1 aromatic heterocycles. The zero-order valence-corrected chi connectivity index (χ0v) is 15.1. The molecule has 1 aliphatic rings. The predicted octanol–water partition coefficient (Wildman–Crippen LogP) is 3.14. The molecule has 6 nitrogen and oxygen atoms in total. The van der Waals surface area contributed by atoms with E-state index in [1.54, 1.807) is 24.3 Å². The molecule has 1 amide bonds. The number of carbonyl (C=O) groups excluding carboxylic acids is 2. The number of esters is 1. The van der Waals surface area contributed by atoms with Crippen molar-refractivity contribution in [2.24, 2.45) is 0 Å². The van der Waals surface area contributed by atoms with Crippen molar-refractivity contribution in [2.45, 2.75) is 25.3 Å². The summed E-state index contributed by atoms with van der Waals surface area (Å²) in [7, 11) is 0. The molecule has 1 heterocycles. The Morgan fingerprint density at radius 2 is 1.89 bits per heavy atom. The van der Waals surface area contributed by atoms with E-state index in [1.165, 1.54) is 11.6 Å². The minimum atomic E-state index is -0.876. The maximum atomic E-state index is 12.3. The second-order valence-corrected chi connectivity index (χ2v) is 6.77. The Kier molecular flexibility index (Phi) is 4.93. The van der Waals surface area contributed by atoms with Crippen LogP contribution in [0.1, 0.15) is 40.4 Å². The van der Waals surface area contributed by atoms with E-state index in [0.717, 1.165) is 24.8 Å². The smallest absolute Gasteiger partial charge is 0.351 e. The van der Waals surface area contributed by atoms with Crippen molar-refractivity contribution in [2.75, 3.05) is 6.61 Å².